The first-order valence-corrected chi connectivity index (χ1v) is 7.43. The minimum atomic E-state index is -0.550. The van der Waals surface area contributed by atoms with Gasteiger partial charge >= 0.3 is 0 Å². The Bertz CT molecular complexity index is 628. The van der Waals surface area contributed by atoms with Gasteiger partial charge in [-0.1, -0.05) is 29.8 Å². The van der Waals surface area contributed by atoms with Crippen LogP contribution < -0.4 is 11.1 Å². The number of thiazole rings is 1. The van der Waals surface area contributed by atoms with E-state index in [0.29, 0.717) is 11.6 Å². The number of amides is 1. The third kappa shape index (κ3) is 4.68. The summed E-state index contributed by atoms with van der Waals surface area (Å²) in [6, 6.07) is 7.16. The lowest BCUT2D eigenvalue weighted by molar-refractivity contribution is -0.117. The maximum atomic E-state index is 11.6. The second-order valence-corrected chi connectivity index (χ2v) is 6.06. The predicted octanol–water partition coefficient (Wildman–Crippen LogP) is 3.40. The van der Waals surface area contributed by atoms with Crippen molar-refractivity contribution < 1.29 is 4.79 Å². The molecule has 3 N–H and O–H groups in total. The fourth-order valence-corrected chi connectivity index (χ4v) is 2.87. The van der Waals surface area contributed by atoms with Gasteiger partial charge in [-0.05, 0) is 25.5 Å². The summed E-state index contributed by atoms with van der Waals surface area (Å²) in [5, 5.41) is 4.03. The summed E-state index contributed by atoms with van der Waals surface area (Å²) in [5.74, 6) is -0.233. The molecule has 1 heterocycles. The number of rotatable bonds is 4. The van der Waals surface area contributed by atoms with Crippen LogP contribution in [0.3, 0.4) is 0 Å². The molecule has 114 valence electrons. The molecule has 0 aliphatic carbocycles. The lowest BCUT2D eigenvalue weighted by atomic mass is 10.1. The zero-order chi connectivity index (χ0) is 14.7. The van der Waals surface area contributed by atoms with Gasteiger partial charge in [-0.15, -0.1) is 23.7 Å². The standard InChI is InChI=1S/C14H16ClN3OS.ClH/c1-8(16)13(19)18-14-17-9(2)12(20-14)7-10-5-3-4-6-11(10)15;/h3-6,8H,7,16H2,1-2H3,(H,17,18,19);1H/t8-;/m1./s1. The normalized spacial score (nSPS) is 11.6. The van der Waals surface area contributed by atoms with E-state index >= 15 is 0 Å². The number of nitrogens with zero attached hydrogens (tertiary/aromatic N) is 1. The molecule has 0 aliphatic rings. The summed E-state index contributed by atoms with van der Waals surface area (Å²) in [4.78, 5) is 17.0. The van der Waals surface area contributed by atoms with Gasteiger partial charge in [0.1, 0.15) is 0 Å². The van der Waals surface area contributed by atoms with Crippen LogP contribution in [-0.2, 0) is 11.2 Å². The first-order chi connectivity index (χ1) is 9.47. The van der Waals surface area contributed by atoms with Crippen LogP contribution in [0.25, 0.3) is 0 Å². The van der Waals surface area contributed by atoms with Crippen LogP contribution in [0.15, 0.2) is 24.3 Å². The summed E-state index contributed by atoms with van der Waals surface area (Å²) < 4.78 is 0. The molecule has 2 aromatic rings. The van der Waals surface area contributed by atoms with Gasteiger partial charge in [-0.25, -0.2) is 4.98 Å². The van der Waals surface area contributed by atoms with Crippen LogP contribution in [0.1, 0.15) is 23.1 Å². The highest BCUT2D eigenvalue weighted by Crippen LogP contribution is 2.27. The summed E-state index contributed by atoms with van der Waals surface area (Å²) >= 11 is 7.61. The third-order valence-electron chi connectivity index (χ3n) is 2.85. The number of nitrogens with two attached hydrogens (primary N) is 1. The highest BCUT2D eigenvalue weighted by Gasteiger charge is 2.13. The van der Waals surface area contributed by atoms with E-state index in [1.165, 1.54) is 11.3 Å². The molecule has 0 unspecified atom stereocenters. The maximum absolute atomic E-state index is 11.6. The molecule has 0 aliphatic heterocycles. The molecule has 0 fully saturated rings. The highest BCUT2D eigenvalue weighted by atomic mass is 35.5. The number of carbonyl (C=O) groups is 1. The van der Waals surface area contributed by atoms with E-state index in [1.807, 2.05) is 31.2 Å². The summed E-state index contributed by atoms with van der Waals surface area (Å²) in [6.45, 7) is 3.56. The first-order valence-electron chi connectivity index (χ1n) is 6.23. The Morgan fingerprint density at radius 3 is 2.76 bits per heavy atom. The Kier molecular flexibility index (Phi) is 6.61. The van der Waals surface area contributed by atoms with Gasteiger partial charge in [0.2, 0.25) is 5.91 Å². The fourth-order valence-electron chi connectivity index (χ4n) is 1.68. The van der Waals surface area contributed by atoms with Crippen LogP contribution >= 0.6 is 35.3 Å². The SMILES string of the molecule is Cc1nc(NC(=O)[C@@H](C)N)sc1Cc1ccccc1Cl.Cl. The van der Waals surface area contributed by atoms with Gasteiger partial charge in [-0.3, -0.25) is 4.79 Å². The van der Waals surface area contributed by atoms with Crippen molar-refractivity contribution in [1.82, 2.24) is 4.98 Å². The zero-order valence-electron chi connectivity index (χ0n) is 11.7. The lowest BCUT2D eigenvalue weighted by Crippen LogP contribution is -2.32. The Balaban J connectivity index is 0.00000220. The van der Waals surface area contributed by atoms with E-state index in [-0.39, 0.29) is 18.3 Å². The Morgan fingerprint density at radius 1 is 1.48 bits per heavy atom. The van der Waals surface area contributed by atoms with Crippen molar-refractivity contribution in [3.05, 3.63) is 45.4 Å². The first kappa shape index (κ1) is 17.9. The molecule has 0 spiro atoms. The molecule has 0 bridgehead atoms. The maximum Gasteiger partial charge on any atom is 0.242 e. The summed E-state index contributed by atoms with van der Waals surface area (Å²) in [7, 11) is 0. The molecule has 21 heavy (non-hydrogen) atoms. The Labute approximate surface area is 139 Å². The number of hydrogen-bond acceptors (Lipinski definition) is 4. The molecule has 0 saturated heterocycles. The quantitative estimate of drug-likeness (QED) is 0.892. The molecule has 7 heteroatoms. The number of anilines is 1. The number of hydrogen-bond donors (Lipinski definition) is 2. The van der Waals surface area contributed by atoms with E-state index < -0.39 is 6.04 Å². The largest absolute Gasteiger partial charge is 0.320 e. The van der Waals surface area contributed by atoms with Crippen LogP contribution in [0.2, 0.25) is 5.02 Å². The number of aromatic nitrogens is 1. The second kappa shape index (κ2) is 7.75. The van der Waals surface area contributed by atoms with Gasteiger partial charge in [0, 0.05) is 16.3 Å². The van der Waals surface area contributed by atoms with Crippen molar-refractivity contribution in [3.63, 3.8) is 0 Å². The number of nitrogens with one attached hydrogen (secondary N) is 1. The molecular weight excluding hydrogens is 329 g/mol. The minimum absolute atomic E-state index is 0. The van der Waals surface area contributed by atoms with Crippen molar-refractivity contribution >= 4 is 46.4 Å². The van der Waals surface area contributed by atoms with Crippen molar-refractivity contribution in [3.8, 4) is 0 Å². The van der Waals surface area contributed by atoms with Crippen LogP contribution in [0.4, 0.5) is 5.13 Å². The molecule has 2 rings (SSSR count). The smallest absolute Gasteiger partial charge is 0.242 e. The van der Waals surface area contributed by atoms with Crippen molar-refractivity contribution in [2.24, 2.45) is 5.73 Å². The molecule has 0 saturated carbocycles. The van der Waals surface area contributed by atoms with Gasteiger partial charge in [-0.2, -0.15) is 0 Å². The van der Waals surface area contributed by atoms with E-state index in [9.17, 15) is 4.79 Å². The molecule has 1 amide bonds. The Hall–Kier alpha value is -1.14. The predicted molar refractivity (Wildman–Crippen MR) is 90.6 cm³/mol. The van der Waals surface area contributed by atoms with Crippen LogP contribution in [-0.4, -0.2) is 16.9 Å². The van der Waals surface area contributed by atoms with Gasteiger partial charge in [0.25, 0.3) is 0 Å². The molecule has 4 nitrogen and oxygen atoms in total. The topological polar surface area (TPSA) is 68.0 Å². The summed E-state index contributed by atoms with van der Waals surface area (Å²) in [5.41, 5.74) is 7.46. The fraction of sp³-hybridized carbons (Fsp3) is 0.286. The lowest BCUT2D eigenvalue weighted by Gasteiger charge is -2.03. The number of benzene rings is 1. The van der Waals surface area contributed by atoms with E-state index in [0.717, 1.165) is 21.2 Å². The number of carbonyl (C=O) groups excluding carboxylic acids is 1. The molecule has 1 aromatic carbocycles. The molecule has 0 radical (unpaired) electrons. The average Bonchev–Trinajstić information content (AvgIpc) is 2.72. The molecular formula is C14H17Cl2N3OS. The van der Waals surface area contributed by atoms with E-state index in [4.69, 9.17) is 17.3 Å². The van der Waals surface area contributed by atoms with E-state index in [1.54, 1.807) is 6.92 Å². The number of halogens is 2. The van der Waals surface area contributed by atoms with Crippen LogP contribution in [0.5, 0.6) is 0 Å². The second-order valence-electron chi connectivity index (χ2n) is 4.57. The van der Waals surface area contributed by atoms with Gasteiger partial charge in [0.05, 0.1) is 11.7 Å². The zero-order valence-corrected chi connectivity index (χ0v) is 14.1. The average molecular weight is 346 g/mol. The highest BCUT2D eigenvalue weighted by molar-refractivity contribution is 7.15. The van der Waals surface area contributed by atoms with Gasteiger partial charge < -0.3 is 11.1 Å². The van der Waals surface area contributed by atoms with Crippen molar-refractivity contribution in [1.29, 1.82) is 0 Å². The minimum Gasteiger partial charge on any atom is -0.320 e. The third-order valence-corrected chi connectivity index (χ3v) is 4.29. The monoisotopic (exact) mass is 345 g/mol. The van der Waals surface area contributed by atoms with Crippen molar-refractivity contribution in [2.45, 2.75) is 26.3 Å². The van der Waals surface area contributed by atoms with E-state index in [2.05, 4.69) is 10.3 Å². The molecule has 1 atom stereocenters. The summed E-state index contributed by atoms with van der Waals surface area (Å²) in [6.07, 6.45) is 0.706. The van der Waals surface area contributed by atoms with Crippen LogP contribution in [0, 0.1) is 6.92 Å². The van der Waals surface area contributed by atoms with Crippen molar-refractivity contribution in [2.75, 3.05) is 5.32 Å². The van der Waals surface area contributed by atoms with Gasteiger partial charge in [0.15, 0.2) is 5.13 Å². The molecule has 1 aromatic heterocycles. The Morgan fingerprint density at radius 2 is 2.14 bits per heavy atom. The number of aryl methyl sites for hydroxylation is 1.